The van der Waals surface area contributed by atoms with Crippen LogP contribution in [0.3, 0.4) is 0 Å². The maximum Gasteiger partial charge on any atom is 0.338 e. The molecule has 2 aromatic rings. The minimum absolute atomic E-state index is 0.0862. The van der Waals surface area contributed by atoms with Gasteiger partial charge in [0.25, 0.3) is 0 Å². The Morgan fingerprint density at radius 2 is 2.05 bits per heavy atom. The maximum absolute atomic E-state index is 10.8. The standard InChI is InChI=1S/C12H11ClN2O2S2/c13-8-1-3-9(4-2-8)19-10-5-6-18-11(10)7-15(17)12(14)16/h1-6,17H,7H2,(H2,14,16). The molecule has 0 saturated carbocycles. The van der Waals surface area contributed by atoms with Crippen molar-refractivity contribution < 1.29 is 10.0 Å². The van der Waals surface area contributed by atoms with E-state index in [4.69, 9.17) is 17.3 Å². The highest BCUT2D eigenvalue weighted by Crippen LogP contribution is 2.34. The van der Waals surface area contributed by atoms with Crippen LogP contribution in [0, 0.1) is 0 Å². The molecule has 0 unspecified atom stereocenters. The molecule has 19 heavy (non-hydrogen) atoms. The fourth-order valence-corrected chi connectivity index (χ4v) is 3.45. The Kier molecular flexibility index (Phi) is 4.71. The number of halogens is 1. The third-order valence-corrected chi connectivity index (χ3v) is 4.69. The molecule has 0 fully saturated rings. The van der Waals surface area contributed by atoms with Crippen LogP contribution in [0.5, 0.6) is 0 Å². The Hall–Kier alpha value is -1.21. The lowest BCUT2D eigenvalue weighted by atomic mass is 10.4. The number of urea groups is 1. The van der Waals surface area contributed by atoms with E-state index in [1.165, 1.54) is 11.3 Å². The number of benzene rings is 1. The number of hydrogen-bond acceptors (Lipinski definition) is 4. The van der Waals surface area contributed by atoms with E-state index in [9.17, 15) is 10.0 Å². The fourth-order valence-electron chi connectivity index (χ4n) is 1.38. The number of thiophene rings is 1. The molecule has 7 heteroatoms. The van der Waals surface area contributed by atoms with Crippen molar-refractivity contribution in [3.05, 3.63) is 45.6 Å². The third-order valence-electron chi connectivity index (χ3n) is 2.29. The molecular weight excluding hydrogens is 304 g/mol. The Bertz CT molecular complexity index is 571. The Balaban J connectivity index is 2.11. The van der Waals surface area contributed by atoms with Crippen LogP contribution < -0.4 is 5.73 Å². The largest absolute Gasteiger partial charge is 0.350 e. The van der Waals surface area contributed by atoms with Crippen molar-refractivity contribution in [3.8, 4) is 0 Å². The van der Waals surface area contributed by atoms with E-state index in [1.54, 1.807) is 11.8 Å². The molecule has 0 aliphatic carbocycles. The number of nitrogens with zero attached hydrogens (tertiary/aromatic N) is 1. The number of carbonyl (C=O) groups excluding carboxylic acids is 1. The van der Waals surface area contributed by atoms with Crippen LogP contribution in [0.1, 0.15) is 4.88 Å². The van der Waals surface area contributed by atoms with Gasteiger partial charge in [-0.1, -0.05) is 23.4 Å². The van der Waals surface area contributed by atoms with E-state index in [0.717, 1.165) is 14.7 Å². The zero-order valence-electron chi connectivity index (χ0n) is 9.75. The highest BCUT2D eigenvalue weighted by Gasteiger charge is 2.12. The smallest absolute Gasteiger partial charge is 0.338 e. The number of amides is 2. The quantitative estimate of drug-likeness (QED) is 0.666. The van der Waals surface area contributed by atoms with Gasteiger partial charge in [-0.2, -0.15) is 0 Å². The predicted molar refractivity (Wildman–Crippen MR) is 76.8 cm³/mol. The summed E-state index contributed by atoms with van der Waals surface area (Å²) >= 11 is 8.84. The van der Waals surface area contributed by atoms with Crippen LogP contribution in [0.4, 0.5) is 4.79 Å². The third kappa shape index (κ3) is 3.87. The van der Waals surface area contributed by atoms with Crippen LogP contribution in [-0.2, 0) is 6.54 Å². The van der Waals surface area contributed by atoms with E-state index >= 15 is 0 Å². The van der Waals surface area contributed by atoms with Gasteiger partial charge in [-0.05, 0) is 35.7 Å². The minimum Gasteiger partial charge on any atom is -0.350 e. The Morgan fingerprint density at radius 3 is 2.68 bits per heavy atom. The van der Waals surface area contributed by atoms with Crippen LogP contribution in [-0.4, -0.2) is 16.3 Å². The summed E-state index contributed by atoms with van der Waals surface area (Å²) in [6.45, 7) is 0.0862. The molecule has 2 rings (SSSR count). The van der Waals surface area contributed by atoms with Crippen LogP contribution in [0.15, 0.2) is 45.5 Å². The summed E-state index contributed by atoms with van der Waals surface area (Å²) < 4.78 is 0. The van der Waals surface area contributed by atoms with Crippen molar-refractivity contribution in [2.24, 2.45) is 5.73 Å². The van der Waals surface area contributed by atoms with Gasteiger partial charge in [-0.3, -0.25) is 5.21 Å². The first-order valence-electron chi connectivity index (χ1n) is 5.32. The molecule has 1 aromatic heterocycles. The molecule has 0 spiro atoms. The van der Waals surface area contributed by atoms with Gasteiger partial charge in [-0.15, -0.1) is 11.3 Å². The highest BCUT2D eigenvalue weighted by atomic mass is 35.5. The second-order valence-corrected chi connectivity index (χ2v) is 6.21. The molecule has 0 aliphatic rings. The van der Waals surface area contributed by atoms with Gasteiger partial charge < -0.3 is 5.73 Å². The molecule has 2 amide bonds. The number of nitrogens with two attached hydrogens (primary N) is 1. The van der Waals surface area contributed by atoms with Crippen molar-refractivity contribution >= 4 is 40.7 Å². The number of primary amides is 1. The summed E-state index contributed by atoms with van der Waals surface area (Å²) in [6.07, 6.45) is 0. The SMILES string of the molecule is NC(=O)N(O)Cc1sccc1Sc1ccc(Cl)cc1. The number of rotatable bonds is 4. The number of carbonyl (C=O) groups is 1. The van der Waals surface area contributed by atoms with E-state index in [-0.39, 0.29) is 6.54 Å². The molecular formula is C12H11ClN2O2S2. The van der Waals surface area contributed by atoms with Gasteiger partial charge >= 0.3 is 6.03 Å². The second kappa shape index (κ2) is 6.29. The highest BCUT2D eigenvalue weighted by molar-refractivity contribution is 7.99. The number of hydroxylamine groups is 2. The van der Waals surface area contributed by atoms with Gasteiger partial charge in [0.15, 0.2) is 0 Å². The molecule has 0 atom stereocenters. The van der Waals surface area contributed by atoms with E-state index in [1.807, 2.05) is 35.7 Å². The molecule has 100 valence electrons. The van der Waals surface area contributed by atoms with Gasteiger partial charge in [0.2, 0.25) is 0 Å². The lowest BCUT2D eigenvalue weighted by molar-refractivity contribution is -0.0467. The molecule has 0 aliphatic heterocycles. The minimum atomic E-state index is -0.865. The van der Waals surface area contributed by atoms with Crippen LogP contribution in [0.25, 0.3) is 0 Å². The molecule has 0 saturated heterocycles. The molecule has 0 radical (unpaired) electrons. The predicted octanol–water partition coefficient (Wildman–Crippen LogP) is 3.82. The second-order valence-electron chi connectivity index (χ2n) is 3.66. The average molecular weight is 315 g/mol. The summed E-state index contributed by atoms with van der Waals surface area (Å²) in [5.74, 6) is 0. The summed E-state index contributed by atoms with van der Waals surface area (Å²) in [7, 11) is 0. The summed E-state index contributed by atoms with van der Waals surface area (Å²) in [5, 5.41) is 12.5. The average Bonchev–Trinajstić information content (AvgIpc) is 2.79. The van der Waals surface area contributed by atoms with Gasteiger partial charge in [0.1, 0.15) is 0 Å². The van der Waals surface area contributed by atoms with Crippen molar-refractivity contribution in [3.63, 3.8) is 0 Å². The topological polar surface area (TPSA) is 66.6 Å². The van der Waals surface area contributed by atoms with Crippen molar-refractivity contribution in [1.82, 2.24) is 5.06 Å². The fraction of sp³-hybridized carbons (Fsp3) is 0.0833. The number of hydrogen-bond donors (Lipinski definition) is 2. The molecule has 1 heterocycles. The summed E-state index contributed by atoms with van der Waals surface area (Å²) in [4.78, 5) is 13.7. The van der Waals surface area contributed by atoms with E-state index < -0.39 is 6.03 Å². The van der Waals surface area contributed by atoms with Crippen molar-refractivity contribution in [1.29, 1.82) is 0 Å². The molecule has 4 nitrogen and oxygen atoms in total. The lowest BCUT2D eigenvalue weighted by Gasteiger charge is -2.11. The molecule has 1 aromatic carbocycles. The lowest BCUT2D eigenvalue weighted by Crippen LogP contribution is -2.31. The maximum atomic E-state index is 10.8. The first-order valence-corrected chi connectivity index (χ1v) is 7.39. The van der Waals surface area contributed by atoms with Crippen LogP contribution >= 0.6 is 34.7 Å². The van der Waals surface area contributed by atoms with Crippen molar-refractivity contribution in [2.45, 2.75) is 16.3 Å². The Labute approximate surface area is 123 Å². The van der Waals surface area contributed by atoms with Gasteiger partial charge in [0, 0.05) is 19.7 Å². The molecule has 0 bridgehead atoms. The van der Waals surface area contributed by atoms with Crippen molar-refractivity contribution in [2.75, 3.05) is 0 Å². The monoisotopic (exact) mass is 314 g/mol. The summed E-state index contributed by atoms with van der Waals surface area (Å²) in [5.41, 5.74) is 4.99. The normalized spacial score (nSPS) is 10.4. The Morgan fingerprint density at radius 1 is 1.37 bits per heavy atom. The van der Waals surface area contributed by atoms with Crippen LogP contribution in [0.2, 0.25) is 5.02 Å². The summed E-state index contributed by atoms with van der Waals surface area (Å²) in [6, 6.07) is 8.54. The first kappa shape index (κ1) is 14.2. The zero-order chi connectivity index (χ0) is 13.8. The zero-order valence-corrected chi connectivity index (χ0v) is 12.1. The van der Waals surface area contributed by atoms with E-state index in [0.29, 0.717) is 10.1 Å². The van der Waals surface area contributed by atoms with Gasteiger partial charge in [0.05, 0.1) is 6.54 Å². The van der Waals surface area contributed by atoms with Gasteiger partial charge in [-0.25, -0.2) is 9.86 Å². The molecule has 3 N–H and O–H groups in total. The van der Waals surface area contributed by atoms with E-state index in [2.05, 4.69) is 0 Å². The first-order chi connectivity index (χ1) is 9.06.